The molecule has 1 aromatic rings. The smallest absolute Gasteiger partial charge is 0.222 e. The first kappa shape index (κ1) is 23.0. The number of guanidine groups is 1. The highest BCUT2D eigenvalue weighted by Gasteiger charge is 2.19. The Morgan fingerprint density at radius 1 is 1.11 bits per heavy atom. The second kappa shape index (κ2) is 12.3. The molecule has 0 atom stereocenters. The van der Waals surface area contributed by atoms with E-state index >= 15 is 0 Å². The third-order valence-electron chi connectivity index (χ3n) is 5.81. The largest absolute Gasteiger partial charge is 0.356 e. The summed E-state index contributed by atoms with van der Waals surface area (Å²) < 4.78 is 0. The molecular weight excluding hydrogens is 463 g/mol. The van der Waals surface area contributed by atoms with Crippen molar-refractivity contribution in [3.63, 3.8) is 0 Å². The number of hydrogen-bond donors (Lipinski definition) is 2. The number of aliphatic imine (C=N–C) groups is 1. The van der Waals surface area contributed by atoms with Crippen LogP contribution in [0.25, 0.3) is 0 Å². The molecule has 2 aliphatic rings. The van der Waals surface area contributed by atoms with E-state index in [1.807, 2.05) is 11.9 Å². The Hall–Kier alpha value is -1.31. The second-order valence-electron chi connectivity index (χ2n) is 7.88. The number of rotatable bonds is 8. The highest BCUT2D eigenvalue weighted by molar-refractivity contribution is 14.0. The second-order valence-corrected chi connectivity index (χ2v) is 7.88. The zero-order valence-corrected chi connectivity index (χ0v) is 19.4. The third-order valence-corrected chi connectivity index (χ3v) is 5.81. The molecule has 0 bridgehead atoms. The standard InChI is InChI=1S/C22H34N4O.HI/c1-23-22(24-14-4-8-18-6-2-3-7-18)25-16-19-10-12-20(13-11-19)17-26-15-5-9-21(26)27;/h10-13,18H,2-9,14-17H2,1H3,(H2,23,24,25);1H. The molecule has 0 unspecified atom stereocenters. The molecule has 1 aromatic carbocycles. The molecule has 0 spiro atoms. The number of amides is 1. The van der Waals surface area contributed by atoms with Gasteiger partial charge in [-0.1, -0.05) is 49.9 Å². The van der Waals surface area contributed by atoms with Crippen LogP contribution in [0.15, 0.2) is 29.3 Å². The Morgan fingerprint density at radius 2 is 1.82 bits per heavy atom. The van der Waals surface area contributed by atoms with E-state index in [1.54, 1.807) is 0 Å². The minimum atomic E-state index is 0. The molecule has 28 heavy (non-hydrogen) atoms. The summed E-state index contributed by atoms with van der Waals surface area (Å²) in [6, 6.07) is 8.52. The Balaban J connectivity index is 0.00000280. The Labute approximate surface area is 186 Å². The van der Waals surface area contributed by atoms with Crippen LogP contribution in [-0.2, 0) is 17.9 Å². The van der Waals surface area contributed by atoms with E-state index in [4.69, 9.17) is 0 Å². The molecular formula is C22H35IN4O. The number of carbonyl (C=O) groups excluding carboxylic acids is 1. The van der Waals surface area contributed by atoms with Crippen molar-refractivity contribution in [1.82, 2.24) is 15.5 Å². The van der Waals surface area contributed by atoms with Crippen LogP contribution in [0.5, 0.6) is 0 Å². The first-order valence-corrected chi connectivity index (χ1v) is 10.5. The van der Waals surface area contributed by atoms with Gasteiger partial charge in [-0.25, -0.2) is 0 Å². The summed E-state index contributed by atoms with van der Waals surface area (Å²) in [5.41, 5.74) is 2.42. The normalized spacial score (nSPS) is 17.7. The lowest BCUT2D eigenvalue weighted by Gasteiger charge is -2.16. The van der Waals surface area contributed by atoms with Crippen molar-refractivity contribution in [2.75, 3.05) is 20.1 Å². The van der Waals surface area contributed by atoms with Crippen molar-refractivity contribution in [3.05, 3.63) is 35.4 Å². The van der Waals surface area contributed by atoms with Gasteiger partial charge in [-0.2, -0.15) is 0 Å². The molecule has 1 saturated heterocycles. The van der Waals surface area contributed by atoms with Crippen LogP contribution >= 0.6 is 24.0 Å². The summed E-state index contributed by atoms with van der Waals surface area (Å²) in [5.74, 6) is 2.10. The third kappa shape index (κ3) is 7.26. The number of nitrogens with one attached hydrogen (secondary N) is 2. The van der Waals surface area contributed by atoms with Gasteiger partial charge in [0.15, 0.2) is 5.96 Å². The van der Waals surface area contributed by atoms with Crippen molar-refractivity contribution >= 4 is 35.8 Å². The molecule has 156 valence electrons. The summed E-state index contributed by atoms with van der Waals surface area (Å²) in [4.78, 5) is 18.0. The van der Waals surface area contributed by atoms with E-state index in [2.05, 4.69) is 39.9 Å². The maximum Gasteiger partial charge on any atom is 0.222 e. The first-order valence-electron chi connectivity index (χ1n) is 10.5. The lowest BCUT2D eigenvalue weighted by Crippen LogP contribution is -2.37. The summed E-state index contributed by atoms with van der Waals surface area (Å²) in [5, 5.41) is 6.81. The van der Waals surface area contributed by atoms with Crippen molar-refractivity contribution in [2.45, 2.75) is 64.5 Å². The number of carbonyl (C=O) groups is 1. The van der Waals surface area contributed by atoms with Crippen molar-refractivity contribution in [3.8, 4) is 0 Å². The van der Waals surface area contributed by atoms with E-state index < -0.39 is 0 Å². The quantitative estimate of drug-likeness (QED) is 0.246. The monoisotopic (exact) mass is 498 g/mol. The topological polar surface area (TPSA) is 56.7 Å². The molecule has 1 amide bonds. The molecule has 0 aromatic heterocycles. The van der Waals surface area contributed by atoms with E-state index in [9.17, 15) is 4.79 Å². The van der Waals surface area contributed by atoms with Crippen molar-refractivity contribution in [2.24, 2.45) is 10.9 Å². The van der Waals surface area contributed by atoms with Gasteiger partial charge in [0.2, 0.25) is 5.91 Å². The van der Waals surface area contributed by atoms with E-state index in [-0.39, 0.29) is 29.9 Å². The minimum Gasteiger partial charge on any atom is -0.356 e. The van der Waals surface area contributed by atoms with Gasteiger partial charge in [-0.3, -0.25) is 9.79 Å². The number of likely N-dealkylation sites (tertiary alicyclic amines) is 1. The SMILES string of the molecule is CN=C(NCCCC1CCCC1)NCc1ccc(CN2CCCC2=O)cc1.I. The molecule has 6 heteroatoms. The van der Waals surface area contributed by atoms with Crippen LogP contribution in [0.4, 0.5) is 0 Å². The minimum absolute atomic E-state index is 0. The average molecular weight is 498 g/mol. The van der Waals surface area contributed by atoms with E-state index in [0.717, 1.165) is 44.5 Å². The van der Waals surface area contributed by atoms with Gasteiger partial charge in [0.05, 0.1) is 0 Å². The highest BCUT2D eigenvalue weighted by Crippen LogP contribution is 2.28. The van der Waals surface area contributed by atoms with Crippen molar-refractivity contribution < 1.29 is 4.79 Å². The molecule has 1 heterocycles. The highest BCUT2D eigenvalue weighted by atomic mass is 127. The molecule has 0 radical (unpaired) electrons. The van der Waals surface area contributed by atoms with E-state index in [0.29, 0.717) is 6.42 Å². The predicted molar refractivity (Wildman–Crippen MR) is 126 cm³/mol. The Kier molecular flexibility index (Phi) is 10.1. The maximum absolute atomic E-state index is 11.7. The van der Waals surface area contributed by atoms with Crippen LogP contribution in [0.1, 0.15) is 62.5 Å². The van der Waals surface area contributed by atoms with Gasteiger partial charge in [-0.05, 0) is 36.3 Å². The molecule has 2 N–H and O–H groups in total. The molecule has 1 saturated carbocycles. The predicted octanol–water partition coefficient (Wildman–Crippen LogP) is 4.06. The van der Waals surface area contributed by atoms with Gasteiger partial charge in [0.25, 0.3) is 0 Å². The maximum atomic E-state index is 11.7. The number of benzene rings is 1. The van der Waals surface area contributed by atoms with Gasteiger partial charge < -0.3 is 15.5 Å². The molecule has 1 aliphatic carbocycles. The average Bonchev–Trinajstić information content (AvgIpc) is 3.35. The van der Waals surface area contributed by atoms with E-state index in [1.165, 1.54) is 49.7 Å². The van der Waals surface area contributed by atoms with Crippen LogP contribution in [0.3, 0.4) is 0 Å². The molecule has 1 aliphatic heterocycles. The summed E-state index contributed by atoms with van der Waals surface area (Å²) in [6.07, 6.45) is 9.95. The molecule has 5 nitrogen and oxygen atoms in total. The zero-order valence-electron chi connectivity index (χ0n) is 17.1. The molecule has 2 fully saturated rings. The summed E-state index contributed by atoms with van der Waals surface area (Å²) in [6.45, 7) is 3.37. The summed E-state index contributed by atoms with van der Waals surface area (Å²) in [7, 11) is 1.82. The van der Waals surface area contributed by atoms with Crippen LogP contribution in [0, 0.1) is 5.92 Å². The fraction of sp³-hybridized carbons (Fsp3) is 0.636. The number of hydrogen-bond acceptors (Lipinski definition) is 2. The number of nitrogens with zero attached hydrogens (tertiary/aromatic N) is 2. The van der Waals surface area contributed by atoms with Crippen LogP contribution < -0.4 is 10.6 Å². The number of halogens is 1. The van der Waals surface area contributed by atoms with Gasteiger partial charge >= 0.3 is 0 Å². The molecule has 3 rings (SSSR count). The lowest BCUT2D eigenvalue weighted by molar-refractivity contribution is -0.128. The summed E-state index contributed by atoms with van der Waals surface area (Å²) >= 11 is 0. The fourth-order valence-corrected chi connectivity index (χ4v) is 4.16. The van der Waals surface area contributed by atoms with Crippen LogP contribution in [0.2, 0.25) is 0 Å². The Morgan fingerprint density at radius 3 is 2.46 bits per heavy atom. The van der Waals surface area contributed by atoms with Gasteiger partial charge in [0, 0.05) is 39.6 Å². The zero-order chi connectivity index (χ0) is 18.9. The van der Waals surface area contributed by atoms with Crippen molar-refractivity contribution in [1.29, 1.82) is 0 Å². The Bertz CT molecular complexity index is 626. The first-order chi connectivity index (χ1) is 13.2. The van der Waals surface area contributed by atoms with Crippen LogP contribution in [-0.4, -0.2) is 36.9 Å². The van der Waals surface area contributed by atoms with Gasteiger partial charge in [0.1, 0.15) is 0 Å². The fourth-order valence-electron chi connectivity index (χ4n) is 4.16. The van der Waals surface area contributed by atoms with Gasteiger partial charge in [-0.15, -0.1) is 24.0 Å². The lowest BCUT2D eigenvalue weighted by atomic mass is 10.0.